The van der Waals surface area contributed by atoms with Crippen LogP contribution in [0.25, 0.3) is 11.4 Å². The van der Waals surface area contributed by atoms with Crippen LogP contribution in [-0.2, 0) is 16.6 Å². The van der Waals surface area contributed by atoms with E-state index in [1.54, 1.807) is 23.6 Å². The Morgan fingerprint density at radius 2 is 1.83 bits per heavy atom. The third-order valence-corrected chi connectivity index (χ3v) is 6.67. The lowest BCUT2D eigenvalue weighted by molar-refractivity contribution is 0.546. The van der Waals surface area contributed by atoms with Gasteiger partial charge in [0.1, 0.15) is 0 Å². The van der Waals surface area contributed by atoms with Crippen molar-refractivity contribution in [3.8, 4) is 11.4 Å². The largest absolute Gasteiger partial charge is 0.346 e. The zero-order chi connectivity index (χ0) is 20.6. The maximum absolute atomic E-state index is 12.9. The van der Waals surface area contributed by atoms with Crippen molar-refractivity contribution >= 4 is 10.0 Å². The highest BCUT2D eigenvalue weighted by atomic mass is 32.2. The molecular weight excluding hydrogens is 388 g/mol. The Labute approximate surface area is 170 Å². The molecule has 2 aromatic carbocycles. The fraction of sp³-hybridized carbons (Fsp3) is 0.333. The monoisotopic (exact) mass is 412 g/mol. The Bertz CT molecular complexity index is 1190. The van der Waals surface area contributed by atoms with Gasteiger partial charge in [-0.25, -0.2) is 22.6 Å². The molecule has 0 spiro atoms. The van der Waals surface area contributed by atoms with Crippen LogP contribution in [0, 0.1) is 13.8 Å². The summed E-state index contributed by atoms with van der Waals surface area (Å²) in [5.41, 5.74) is 2.25. The molecule has 7 nitrogen and oxygen atoms in total. The molecule has 4 rings (SSSR count). The normalized spacial score (nSPS) is 14.3. The number of sulfonamides is 1. The Hall–Kier alpha value is -2.71. The molecule has 0 saturated heterocycles. The number of nitrogens with zero attached hydrogens (tertiary/aromatic N) is 3. The minimum atomic E-state index is -3.66. The van der Waals surface area contributed by atoms with Gasteiger partial charge in [-0.05, 0) is 43.9 Å². The standard InChI is InChI=1S/C21H24N4O3S/c1-15-8-9-16(2)19(14-15)29(27,28)22-12-13-24-21(26)25(18-10-11-18)20(23-24)17-6-4-3-5-7-17/h3-9,14,18,22H,10-13H2,1-2H3. The minimum Gasteiger partial charge on any atom is -0.272 e. The van der Waals surface area contributed by atoms with Gasteiger partial charge in [0.15, 0.2) is 5.82 Å². The molecule has 1 saturated carbocycles. The first-order valence-electron chi connectivity index (χ1n) is 9.68. The van der Waals surface area contributed by atoms with Crippen LogP contribution < -0.4 is 10.4 Å². The molecule has 1 aliphatic rings. The second kappa shape index (κ2) is 7.61. The van der Waals surface area contributed by atoms with E-state index < -0.39 is 10.0 Å². The number of aromatic nitrogens is 3. The summed E-state index contributed by atoms with van der Waals surface area (Å²) < 4.78 is 31.0. The van der Waals surface area contributed by atoms with Gasteiger partial charge < -0.3 is 0 Å². The van der Waals surface area contributed by atoms with Crippen molar-refractivity contribution in [2.24, 2.45) is 0 Å². The average Bonchev–Trinajstić information content (AvgIpc) is 3.48. The summed E-state index contributed by atoms with van der Waals surface area (Å²) in [4.78, 5) is 13.1. The van der Waals surface area contributed by atoms with E-state index in [-0.39, 0.29) is 29.7 Å². The van der Waals surface area contributed by atoms with E-state index in [1.165, 1.54) is 4.68 Å². The van der Waals surface area contributed by atoms with Gasteiger partial charge in [0.2, 0.25) is 10.0 Å². The first-order valence-corrected chi connectivity index (χ1v) is 11.2. The third-order valence-electron chi connectivity index (χ3n) is 5.06. The van der Waals surface area contributed by atoms with E-state index in [1.807, 2.05) is 43.3 Å². The van der Waals surface area contributed by atoms with Crippen molar-refractivity contribution in [2.75, 3.05) is 6.54 Å². The van der Waals surface area contributed by atoms with Gasteiger partial charge in [-0.2, -0.15) is 0 Å². The molecular formula is C21H24N4O3S. The molecule has 0 unspecified atom stereocenters. The van der Waals surface area contributed by atoms with Gasteiger partial charge in [-0.15, -0.1) is 5.10 Å². The number of hydrogen-bond acceptors (Lipinski definition) is 4. The van der Waals surface area contributed by atoms with Crippen molar-refractivity contribution in [1.82, 2.24) is 19.1 Å². The van der Waals surface area contributed by atoms with Gasteiger partial charge >= 0.3 is 5.69 Å². The van der Waals surface area contributed by atoms with Crippen LogP contribution in [0.5, 0.6) is 0 Å². The lowest BCUT2D eigenvalue weighted by atomic mass is 10.2. The molecule has 1 aliphatic carbocycles. The molecule has 1 aromatic heterocycles. The lowest BCUT2D eigenvalue weighted by Crippen LogP contribution is -2.32. The SMILES string of the molecule is Cc1ccc(C)c(S(=O)(=O)NCCn2nc(-c3ccccc3)n(C3CC3)c2=O)c1. The number of aryl methyl sites for hydroxylation is 2. The highest BCUT2D eigenvalue weighted by Gasteiger charge is 2.30. The van der Waals surface area contributed by atoms with Crippen LogP contribution in [0.1, 0.15) is 30.0 Å². The van der Waals surface area contributed by atoms with Crippen LogP contribution in [0.3, 0.4) is 0 Å². The molecule has 29 heavy (non-hydrogen) atoms. The van der Waals surface area contributed by atoms with Crippen LogP contribution in [0.15, 0.2) is 58.2 Å². The molecule has 8 heteroatoms. The van der Waals surface area contributed by atoms with E-state index >= 15 is 0 Å². The molecule has 0 amide bonds. The smallest absolute Gasteiger partial charge is 0.272 e. The highest BCUT2D eigenvalue weighted by molar-refractivity contribution is 7.89. The first-order chi connectivity index (χ1) is 13.9. The first kappa shape index (κ1) is 19.6. The van der Waals surface area contributed by atoms with Gasteiger partial charge in [-0.3, -0.25) is 4.57 Å². The number of benzene rings is 2. The average molecular weight is 413 g/mol. The summed E-state index contributed by atoms with van der Waals surface area (Å²) in [5.74, 6) is 0.635. The molecule has 0 radical (unpaired) electrons. The maximum atomic E-state index is 12.9. The molecule has 0 aliphatic heterocycles. The number of nitrogens with one attached hydrogen (secondary N) is 1. The zero-order valence-corrected chi connectivity index (χ0v) is 17.3. The number of rotatable bonds is 7. The summed E-state index contributed by atoms with van der Waals surface area (Å²) in [6.45, 7) is 3.88. The topological polar surface area (TPSA) is 86.0 Å². The highest BCUT2D eigenvalue weighted by Crippen LogP contribution is 2.36. The Morgan fingerprint density at radius 1 is 1.10 bits per heavy atom. The summed E-state index contributed by atoms with van der Waals surface area (Å²) in [6, 6.07) is 15.1. The van der Waals surface area contributed by atoms with Crippen molar-refractivity contribution in [3.05, 3.63) is 70.1 Å². The van der Waals surface area contributed by atoms with Gasteiger partial charge in [-0.1, -0.05) is 42.5 Å². The lowest BCUT2D eigenvalue weighted by Gasteiger charge is -2.10. The maximum Gasteiger partial charge on any atom is 0.346 e. The van der Waals surface area contributed by atoms with Crippen LogP contribution in [-0.4, -0.2) is 29.3 Å². The van der Waals surface area contributed by atoms with E-state index in [2.05, 4.69) is 9.82 Å². The quantitative estimate of drug-likeness (QED) is 0.646. The third kappa shape index (κ3) is 4.04. The molecule has 1 N–H and O–H groups in total. The molecule has 0 atom stereocenters. The summed E-state index contributed by atoms with van der Waals surface area (Å²) in [5, 5.41) is 4.50. The van der Waals surface area contributed by atoms with Crippen LogP contribution in [0.2, 0.25) is 0 Å². The predicted molar refractivity (Wildman–Crippen MR) is 111 cm³/mol. The fourth-order valence-electron chi connectivity index (χ4n) is 3.37. The Kier molecular flexibility index (Phi) is 5.14. The van der Waals surface area contributed by atoms with E-state index in [0.29, 0.717) is 11.4 Å². The zero-order valence-electron chi connectivity index (χ0n) is 16.5. The van der Waals surface area contributed by atoms with Crippen molar-refractivity contribution in [1.29, 1.82) is 0 Å². The number of hydrogen-bond donors (Lipinski definition) is 1. The molecule has 0 bridgehead atoms. The fourth-order valence-corrected chi connectivity index (χ4v) is 4.72. The molecule has 3 aromatic rings. The summed E-state index contributed by atoms with van der Waals surface area (Å²) in [7, 11) is -3.66. The second-order valence-electron chi connectivity index (χ2n) is 7.46. The summed E-state index contributed by atoms with van der Waals surface area (Å²) >= 11 is 0. The second-order valence-corrected chi connectivity index (χ2v) is 9.20. The Morgan fingerprint density at radius 3 is 2.52 bits per heavy atom. The van der Waals surface area contributed by atoms with Gasteiger partial charge in [0.05, 0.1) is 11.4 Å². The van der Waals surface area contributed by atoms with Crippen LogP contribution >= 0.6 is 0 Å². The van der Waals surface area contributed by atoms with Crippen molar-refractivity contribution in [2.45, 2.75) is 44.2 Å². The Balaban J connectivity index is 1.55. The van der Waals surface area contributed by atoms with Crippen molar-refractivity contribution < 1.29 is 8.42 Å². The van der Waals surface area contributed by atoms with E-state index in [9.17, 15) is 13.2 Å². The molecule has 1 heterocycles. The van der Waals surface area contributed by atoms with Crippen molar-refractivity contribution in [3.63, 3.8) is 0 Å². The molecule has 152 valence electrons. The van der Waals surface area contributed by atoms with E-state index in [0.717, 1.165) is 24.0 Å². The summed E-state index contributed by atoms with van der Waals surface area (Å²) in [6.07, 6.45) is 1.93. The molecule has 1 fully saturated rings. The van der Waals surface area contributed by atoms with Crippen LogP contribution in [0.4, 0.5) is 0 Å². The minimum absolute atomic E-state index is 0.0888. The van der Waals surface area contributed by atoms with E-state index in [4.69, 9.17) is 0 Å². The predicted octanol–water partition coefficient (Wildman–Crippen LogP) is 2.64. The van der Waals surface area contributed by atoms with Gasteiger partial charge in [0.25, 0.3) is 0 Å². The van der Waals surface area contributed by atoms with Gasteiger partial charge in [0, 0.05) is 18.2 Å².